The third-order valence-corrected chi connectivity index (χ3v) is 4.18. The maximum absolute atomic E-state index is 12.7. The molecule has 0 saturated carbocycles. The third kappa shape index (κ3) is 4.80. The van der Waals surface area contributed by atoms with E-state index in [0.717, 1.165) is 15.9 Å². The largest absolute Gasteiger partial charge is 0.492 e. The molecule has 0 N–H and O–H groups in total. The Bertz CT molecular complexity index is 421. The van der Waals surface area contributed by atoms with Gasteiger partial charge < -0.3 is 4.74 Å². The summed E-state index contributed by atoms with van der Waals surface area (Å²) >= 11 is 2.21. The van der Waals surface area contributed by atoms with E-state index >= 15 is 0 Å². The molecular weight excluding hydrogens is 382 g/mol. The van der Waals surface area contributed by atoms with E-state index in [2.05, 4.69) is 22.6 Å². The Labute approximate surface area is 130 Å². The van der Waals surface area contributed by atoms with Crippen molar-refractivity contribution in [2.45, 2.75) is 19.0 Å². The summed E-state index contributed by atoms with van der Waals surface area (Å²) in [6.45, 7) is 1.78. The van der Waals surface area contributed by atoms with Crippen LogP contribution in [0.2, 0.25) is 0 Å². The second-order valence-electron chi connectivity index (χ2n) is 4.98. The summed E-state index contributed by atoms with van der Waals surface area (Å²) in [4.78, 5) is 1.84. The molecular formula is C14H17F3INO. The number of hydrogen-bond acceptors (Lipinski definition) is 2. The molecule has 1 heterocycles. The maximum Gasteiger partial charge on any atom is 0.393 e. The summed E-state index contributed by atoms with van der Waals surface area (Å²) in [6.07, 6.45) is -3.22. The topological polar surface area (TPSA) is 12.5 Å². The molecule has 2 rings (SSSR count). The predicted molar refractivity (Wildman–Crippen MR) is 79.9 cm³/mol. The summed E-state index contributed by atoms with van der Waals surface area (Å²) in [5.74, 6) is -0.427. The highest BCUT2D eigenvalue weighted by Gasteiger charge is 2.41. The predicted octanol–water partition coefficient (Wildman–Crippen LogP) is 3.94. The van der Waals surface area contributed by atoms with Gasteiger partial charge in [0.15, 0.2) is 0 Å². The lowest BCUT2D eigenvalue weighted by atomic mass is 9.98. The van der Waals surface area contributed by atoms with Gasteiger partial charge in [0.05, 0.1) is 5.92 Å². The Balaban J connectivity index is 1.75. The van der Waals surface area contributed by atoms with Gasteiger partial charge in [-0.15, -0.1) is 0 Å². The van der Waals surface area contributed by atoms with E-state index in [1.807, 2.05) is 29.2 Å². The highest BCUT2D eigenvalue weighted by molar-refractivity contribution is 14.1. The molecule has 0 radical (unpaired) electrons. The Kier molecular flexibility index (Phi) is 5.54. The zero-order chi connectivity index (χ0) is 14.6. The molecule has 1 aliphatic heterocycles. The average molecular weight is 399 g/mol. The number of nitrogens with zero attached hydrogens (tertiary/aromatic N) is 1. The first-order chi connectivity index (χ1) is 9.45. The molecule has 1 aliphatic rings. The van der Waals surface area contributed by atoms with Crippen molar-refractivity contribution in [3.05, 3.63) is 27.8 Å². The first-order valence-electron chi connectivity index (χ1n) is 6.62. The minimum atomic E-state index is -4.07. The SMILES string of the molecule is FC(F)(F)C1CCCN(CCOc2ccc(I)cc2)C1. The Morgan fingerprint density at radius 3 is 2.60 bits per heavy atom. The van der Waals surface area contributed by atoms with Crippen LogP contribution in [0.1, 0.15) is 12.8 Å². The molecule has 6 heteroatoms. The van der Waals surface area contributed by atoms with Crippen molar-refractivity contribution in [2.75, 3.05) is 26.2 Å². The second kappa shape index (κ2) is 6.98. The summed E-state index contributed by atoms with van der Waals surface area (Å²) in [5.41, 5.74) is 0. The monoisotopic (exact) mass is 399 g/mol. The van der Waals surface area contributed by atoms with Crippen molar-refractivity contribution in [1.82, 2.24) is 4.90 Å². The fraction of sp³-hybridized carbons (Fsp3) is 0.571. The molecule has 1 unspecified atom stereocenters. The highest BCUT2D eigenvalue weighted by atomic mass is 127. The van der Waals surface area contributed by atoms with Gasteiger partial charge in [-0.3, -0.25) is 4.90 Å². The van der Waals surface area contributed by atoms with E-state index in [1.165, 1.54) is 0 Å². The number of rotatable bonds is 4. The maximum atomic E-state index is 12.7. The van der Waals surface area contributed by atoms with Gasteiger partial charge in [-0.05, 0) is 66.2 Å². The van der Waals surface area contributed by atoms with Crippen LogP contribution in [0.25, 0.3) is 0 Å². The molecule has 2 nitrogen and oxygen atoms in total. The van der Waals surface area contributed by atoms with Gasteiger partial charge in [0.2, 0.25) is 0 Å². The highest BCUT2D eigenvalue weighted by Crippen LogP contribution is 2.32. The van der Waals surface area contributed by atoms with Crippen LogP contribution in [-0.2, 0) is 0 Å². The minimum Gasteiger partial charge on any atom is -0.492 e. The molecule has 0 amide bonds. The molecule has 20 heavy (non-hydrogen) atoms. The quantitative estimate of drug-likeness (QED) is 0.712. The van der Waals surface area contributed by atoms with Crippen molar-refractivity contribution < 1.29 is 17.9 Å². The van der Waals surface area contributed by atoms with Crippen LogP contribution in [0, 0.1) is 9.49 Å². The smallest absolute Gasteiger partial charge is 0.393 e. The first-order valence-corrected chi connectivity index (χ1v) is 7.70. The number of hydrogen-bond donors (Lipinski definition) is 0. The standard InChI is InChI=1S/C14H17F3INO/c15-14(16,17)11-2-1-7-19(10-11)8-9-20-13-5-3-12(18)4-6-13/h3-6,11H,1-2,7-10H2. The first kappa shape index (κ1) is 15.9. The summed E-state index contributed by atoms with van der Waals surface area (Å²) < 4.78 is 44.7. The van der Waals surface area contributed by atoms with E-state index in [0.29, 0.717) is 19.6 Å². The fourth-order valence-electron chi connectivity index (χ4n) is 2.35. The fourth-order valence-corrected chi connectivity index (χ4v) is 2.71. The number of likely N-dealkylation sites (tertiary alicyclic amines) is 1. The van der Waals surface area contributed by atoms with Crippen LogP contribution < -0.4 is 4.74 Å². The van der Waals surface area contributed by atoms with Crippen LogP contribution in [0.3, 0.4) is 0 Å². The molecule has 1 aromatic carbocycles. The molecule has 112 valence electrons. The van der Waals surface area contributed by atoms with E-state index in [1.54, 1.807) is 0 Å². The van der Waals surface area contributed by atoms with E-state index in [4.69, 9.17) is 4.74 Å². The van der Waals surface area contributed by atoms with Gasteiger partial charge in [0.1, 0.15) is 12.4 Å². The summed E-state index contributed by atoms with van der Waals surface area (Å²) in [5, 5.41) is 0. The van der Waals surface area contributed by atoms with Gasteiger partial charge in [0, 0.05) is 16.7 Å². The number of alkyl halides is 3. The van der Waals surface area contributed by atoms with E-state index in [-0.39, 0.29) is 13.0 Å². The average Bonchev–Trinajstić information content (AvgIpc) is 2.40. The van der Waals surface area contributed by atoms with E-state index < -0.39 is 12.1 Å². The Morgan fingerprint density at radius 1 is 1.25 bits per heavy atom. The van der Waals surface area contributed by atoms with Gasteiger partial charge >= 0.3 is 6.18 Å². The van der Waals surface area contributed by atoms with E-state index in [9.17, 15) is 13.2 Å². The molecule has 0 aliphatic carbocycles. The van der Waals surface area contributed by atoms with Crippen LogP contribution in [-0.4, -0.2) is 37.3 Å². The zero-order valence-corrected chi connectivity index (χ0v) is 13.2. The Morgan fingerprint density at radius 2 is 1.95 bits per heavy atom. The molecule has 1 aromatic rings. The molecule has 0 spiro atoms. The number of benzene rings is 1. The second-order valence-corrected chi connectivity index (χ2v) is 6.23. The lowest BCUT2D eigenvalue weighted by Crippen LogP contribution is -2.43. The summed E-state index contributed by atoms with van der Waals surface area (Å²) in [6, 6.07) is 7.62. The number of ether oxygens (including phenoxy) is 1. The molecule has 1 fully saturated rings. The van der Waals surface area contributed by atoms with Crippen LogP contribution in [0.5, 0.6) is 5.75 Å². The molecule has 1 saturated heterocycles. The van der Waals surface area contributed by atoms with Crippen molar-refractivity contribution >= 4 is 22.6 Å². The Hall–Kier alpha value is -0.500. The van der Waals surface area contributed by atoms with Gasteiger partial charge in [-0.25, -0.2) is 0 Å². The number of halogens is 4. The summed E-state index contributed by atoms with van der Waals surface area (Å²) in [7, 11) is 0. The van der Waals surface area contributed by atoms with Crippen molar-refractivity contribution in [2.24, 2.45) is 5.92 Å². The van der Waals surface area contributed by atoms with Crippen molar-refractivity contribution in [1.29, 1.82) is 0 Å². The van der Waals surface area contributed by atoms with Gasteiger partial charge in [0.25, 0.3) is 0 Å². The number of piperidine rings is 1. The van der Waals surface area contributed by atoms with Gasteiger partial charge in [-0.2, -0.15) is 13.2 Å². The minimum absolute atomic E-state index is 0.0968. The molecule has 0 bridgehead atoms. The molecule has 1 atom stereocenters. The van der Waals surface area contributed by atoms with Crippen molar-refractivity contribution in [3.63, 3.8) is 0 Å². The van der Waals surface area contributed by atoms with Crippen molar-refractivity contribution in [3.8, 4) is 5.75 Å². The normalized spacial score (nSPS) is 20.9. The zero-order valence-electron chi connectivity index (χ0n) is 11.0. The van der Waals surface area contributed by atoms with Crippen LogP contribution >= 0.6 is 22.6 Å². The third-order valence-electron chi connectivity index (χ3n) is 3.46. The molecule has 0 aromatic heterocycles. The van der Waals surface area contributed by atoms with Gasteiger partial charge in [-0.1, -0.05) is 0 Å². The van der Waals surface area contributed by atoms with Crippen LogP contribution in [0.4, 0.5) is 13.2 Å². The lowest BCUT2D eigenvalue weighted by Gasteiger charge is -2.33. The van der Waals surface area contributed by atoms with Crippen LogP contribution in [0.15, 0.2) is 24.3 Å². The lowest BCUT2D eigenvalue weighted by molar-refractivity contribution is -0.186.